The van der Waals surface area contributed by atoms with Gasteiger partial charge in [0.2, 0.25) is 0 Å². The van der Waals surface area contributed by atoms with Crippen LogP contribution in [0.3, 0.4) is 0 Å². The van der Waals surface area contributed by atoms with Gasteiger partial charge in [-0.3, -0.25) is 0 Å². The topological polar surface area (TPSA) is 18.5 Å². The Labute approximate surface area is 153 Å². The fourth-order valence-electron chi connectivity index (χ4n) is 4.03. The summed E-state index contributed by atoms with van der Waals surface area (Å²) in [6, 6.07) is 3.03. The molecule has 1 unspecified atom stereocenters. The van der Waals surface area contributed by atoms with Crippen LogP contribution in [-0.2, 0) is 9.47 Å². The van der Waals surface area contributed by atoms with E-state index >= 15 is 0 Å². The summed E-state index contributed by atoms with van der Waals surface area (Å²) in [7, 11) is -0.895. The lowest BCUT2D eigenvalue weighted by Gasteiger charge is -2.24. The van der Waals surface area contributed by atoms with E-state index in [1.807, 2.05) is 0 Å². The maximum absolute atomic E-state index is 5.78. The summed E-state index contributed by atoms with van der Waals surface area (Å²) >= 11 is 0. The summed E-state index contributed by atoms with van der Waals surface area (Å²) in [6.07, 6.45) is 14.8. The molecule has 0 radical (unpaired) electrons. The molecule has 1 rings (SSSR count). The predicted octanol–water partition coefficient (Wildman–Crippen LogP) is 7.01. The Kier molecular flexibility index (Phi) is 12.3. The third-order valence-corrected chi connectivity index (χ3v) is 8.78. The molecule has 1 fully saturated rings. The quantitative estimate of drug-likeness (QED) is 0.246. The second-order valence-corrected chi connectivity index (χ2v) is 14.2. The molecule has 1 saturated heterocycles. The summed E-state index contributed by atoms with van der Waals surface area (Å²) in [5.41, 5.74) is 0. The predicted molar refractivity (Wildman–Crippen MR) is 108 cm³/mol. The zero-order chi connectivity index (χ0) is 17.7. The summed E-state index contributed by atoms with van der Waals surface area (Å²) in [5.74, 6) is 0.889. The largest absolute Gasteiger partial charge is 0.353 e. The lowest BCUT2D eigenvalue weighted by molar-refractivity contribution is -0.162. The van der Waals surface area contributed by atoms with Crippen molar-refractivity contribution in [3.05, 3.63) is 0 Å². The van der Waals surface area contributed by atoms with Gasteiger partial charge in [0, 0.05) is 21.3 Å². The van der Waals surface area contributed by atoms with Gasteiger partial charge >= 0.3 is 0 Å². The van der Waals surface area contributed by atoms with E-state index < -0.39 is 8.07 Å². The van der Waals surface area contributed by atoms with Gasteiger partial charge in [0.25, 0.3) is 0 Å². The molecule has 0 aromatic carbocycles. The first-order chi connectivity index (χ1) is 11.5. The Morgan fingerprint density at radius 3 is 2.12 bits per heavy atom. The van der Waals surface area contributed by atoms with Gasteiger partial charge in [-0.15, -0.1) is 0 Å². The molecule has 0 saturated carbocycles. The third-order valence-electron chi connectivity index (χ3n) is 5.15. The van der Waals surface area contributed by atoms with Crippen molar-refractivity contribution in [3.8, 4) is 0 Å². The molecule has 1 aliphatic heterocycles. The van der Waals surface area contributed by atoms with Gasteiger partial charge < -0.3 is 9.47 Å². The van der Waals surface area contributed by atoms with Crippen LogP contribution in [0, 0.1) is 5.92 Å². The van der Waals surface area contributed by atoms with Crippen LogP contribution in [0.15, 0.2) is 0 Å². The van der Waals surface area contributed by atoms with Gasteiger partial charge in [-0.25, -0.2) is 0 Å². The highest BCUT2D eigenvalue weighted by Gasteiger charge is 2.20. The molecule has 0 aromatic rings. The van der Waals surface area contributed by atoms with E-state index in [1.54, 1.807) is 0 Å². The molecule has 1 atom stereocenters. The molecule has 1 aliphatic rings. The van der Waals surface area contributed by atoms with Crippen molar-refractivity contribution in [1.82, 2.24) is 0 Å². The van der Waals surface area contributed by atoms with Crippen molar-refractivity contribution in [3.63, 3.8) is 0 Å². The minimum atomic E-state index is -0.895. The van der Waals surface area contributed by atoms with Crippen LogP contribution in [0.1, 0.15) is 84.5 Å². The van der Waals surface area contributed by atoms with E-state index in [-0.39, 0.29) is 6.29 Å². The molecule has 0 amide bonds. The Balaban J connectivity index is 1.80. The molecule has 0 bridgehead atoms. The molecular formula is C21H44O2Si. The Bertz CT molecular complexity index is 286. The van der Waals surface area contributed by atoms with Crippen LogP contribution in [-0.4, -0.2) is 27.6 Å². The van der Waals surface area contributed by atoms with Gasteiger partial charge in [-0.2, -0.15) is 0 Å². The van der Waals surface area contributed by atoms with Crippen LogP contribution in [0.2, 0.25) is 25.2 Å². The van der Waals surface area contributed by atoms with Gasteiger partial charge in [-0.1, -0.05) is 84.0 Å². The SMILES string of the molecule is CC(C)C[Si](C)(C)CCCCCCCCCCOC1CCCCO1. The summed E-state index contributed by atoms with van der Waals surface area (Å²) in [4.78, 5) is 0. The molecular weight excluding hydrogens is 312 g/mol. The first-order valence-corrected chi connectivity index (χ1v) is 14.1. The van der Waals surface area contributed by atoms with Crippen molar-refractivity contribution in [2.45, 2.75) is 116 Å². The van der Waals surface area contributed by atoms with Crippen LogP contribution >= 0.6 is 0 Å². The normalized spacial score (nSPS) is 19.1. The van der Waals surface area contributed by atoms with Gasteiger partial charge in [0.05, 0.1) is 0 Å². The first-order valence-electron chi connectivity index (χ1n) is 10.7. The lowest BCUT2D eigenvalue weighted by atomic mass is 10.1. The van der Waals surface area contributed by atoms with Gasteiger partial charge in [0.1, 0.15) is 0 Å². The molecule has 0 aromatic heterocycles. The lowest BCUT2D eigenvalue weighted by Crippen LogP contribution is -2.26. The van der Waals surface area contributed by atoms with E-state index in [9.17, 15) is 0 Å². The highest BCUT2D eigenvalue weighted by Crippen LogP contribution is 2.24. The summed E-state index contributed by atoms with van der Waals surface area (Å²) < 4.78 is 11.4. The van der Waals surface area contributed by atoms with Gasteiger partial charge in [0.15, 0.2) is 6.29 Å². The number of hydrogen-bond acceptors (Lipinski definition) is 2. The second-order valence-electron chi connectivity index (χ2n) is 9.01. The number of rotatable bonds is 14. The van der Waals surface area contributed by atoms with Crippen molar-refractivity contribution in [2.75, 3.05) is 13.2 Å². The molecule has 24 heavy (non-hydrogen) atoms. The molecule has 0 spiro atoms. The molecule has 1 heterocycles. The minimum absolute atomic E-state index is 0.0993. The molecule has 0 N–H and O–H groups in total. The maximum Gasteiger partial charge on any atom is 0.157 e. The zero-order valence-electron chi connectivity index (χ0n) is 17.1. The van der Waals surface area contributed by atoms with Crippen LogP contribution in [0.25, 0.3) is 0 Å². The number of ether oxygens (including phenoxy) is 2. The van der Waals surface area contributed by atoms with Crippen molar-refractivity contribution < 1.29 is 9.47 Å². The average molecular weight is 357 g/mol. The molecule has 144 valence electrons. The van der Waals surface area contributed by atoms with E-state index in [1.165, 1.54) is 76.3 Å². The average Bonchev–Trinajstić information content (AvgIpc) is 2.52. The summed E-state index contributed by atoms with van der Waals surface area (Å²) in [5, 5.41) is 0. The van der Waals surface area contributed by atoms with Crippen molar-refractivity contribution >= 4 is 8.07 Å². The Morgan fingerprint density at radius 2 is 1.54 bits per heavy atom. The molecule has 0 aliphatic carbocycles. The minimum Gasteiger partial charge on any atom is -0.353 e. The highest BCUT2D eigenvalue weighted by molar-refractivity contribution is 6.77. The second kappa shape index (κ2) is 13.4. The zero-order valence-corrected chi connectivity index (χ0v) is 18.1. The van der Waals surface area contributed by atoms with E-state index in [0.717, 1.165) is 25.6 Å². The number of unbranched alkanes of at least 4 members (excludes halogenated alkanes) is 7. The van der Waals surface area contributed by atoms with E-state index in [0.29, 0.717) is 0 Å². The van der Waals surface area contributed by atoms with Crippen molar-refractivity contribution in [1.29, 1.82) is 0 Å². The van der Waals surface area contributed by atoms with Crippen LogP contribution < -0.4 is 0 Å². The maximum atomic E-state index is 5.78. The fourth-order valence-corrected chi connectivity index (χ4v) is 7.65. The number of hydrogen-bond donors (Lipinski definition) is 0. The standard InChI is InChI=1S/C21H44O2Si/c1-20(2)19-24(3,4)18-14-10-8-6-5-7-9-12-16-22-21-15-11-13-17-23-21/h20-21H,5-19H2,1-4H3. The Hall–Kier alpha value is 0.137. The van der Waals surface area contributed by atoms with Crippen LogP contribution in [0.5, 0.6) is 0 Å². The highest BCUT2D eigenvalue weighted by atomic mass is 28.3. The van der Waals surface area contributed by atoms with E-state index in [2.05, 4.69) is 26.9 Å². The first kappa shape index (κ1) is 22.2. The smallest absolute Gasteiger partial charge is 0.157 e. The van der Waals surface area contributed by atoms with Gasteiger partial charge in [-0.05, 0) is 31.6 Å². The molecule has 3 heteroatoms. The van der Waals surface area contributed by atoms with Crippen LogP contribution in [0.4, 0.5) is 0 Å². The summed E-state index contributed by atoms with van der Waals surface area (Å²) in [6.45, 7) is 11.7. The fraction of sp³-hybridized carbons (Fsp3) is 1.00. The monoisotopic (exact) mass is 356 g/mol. The third kappa shape index (κ3) is 12.5. The Morgan fingerprint density at radius 1 is 0.917 bits per heavy atom. The van der Waals surface area contributed by atoms with Crippen molar-refractivity contribution in [2.24, 2.45) is 5.92 Å². The van der Waals surface area contributed by atoms with E-state index in [4.69, 9.17) is 9.47 Å². The molecule has 2 nitrogen and oxygen atoms in total.